The molecule has 0 radical (unpaired) electrons. The molecule has 29 heavy (non-hydrogen) atoms. The van der Waals surface area contributed by atoms with Gasteiger partial charge in [0, 0.05) is 39.3 Å². The van der Waals surface area contributed by atoms with Crippen LogP contribution in [0.25, 0.3) is 0 Å². The number of nitrogens with one attached hydrogen (secondary N) is 2. The second-order valence-corrected chi connectivity index (χ2v) is 8.16. The van der Waals surface area contributed by atoms with Crippen LogP contribution in [0.2, 0.25) is 0 Å². The molecular weight excluding hydrogens is 404 g/mol. The minimum absolute atomic E-state index is 0.141. The third-order valence-electron chi connectivity index (χ3n) is 5.34. The minimum atomic E-state index is -4.83. The molecule has 0 aromatic carbocycles. The first-order valence-electron chi connectivity index (χ1n) is 9.30. The van der Waals surface area contributed by atoms with Gasteiger partial charge in [-0.15, -0.1) is 9.46 Å². The molecule has 1 aromatic heterocycles. The number of piperidine rings is 1. The number of hydrazine groups is 1. The van der Waals surface area contributed by atoms with E-state index in [0.717, 1.165) is 31.9 Å². The highest BCUT2D eigenvalue weighted by atomic mass is 32.3. The molecule has 3 N–H and O–H groups in total. The van der Waals surface area contributed by atoms with Crippen molar-refractivity contribution < 1.29 is 26.8 Å². The molecule has 0 saturated carbocycles. The van der Waals surface area contributed by atoms with Gasteiger partial charge in [-0.25, -0.2) is 4.98 Å². The molecule has 3 atom stereocenters. The number of anilines is 2. The van der Waals surface area contributed by atoms with Crippen molar-refractivity contribution >= 4 is 33.7 Å². The van der Waals surface area contributed by atoms with Crippen molar-refractivity contribution in [2.45, 2.75) is 6.42 Å². The van der Waals surface area contributed by atoms with Crippen molar-refractivity contribution in [1.82, 2.24) is 20.5 Å². The molecule has 3 aliphatic heterocycles. The predicted molar refractivity (Wildman–Crippen MR) is 101 cm³/mol. The Morgan fingerprint density at radius 2 is 2.03 bits per heavy atom. The molecular formula is C16H22N6O6S. The number of hydrogen-bond donors (Lipinski definition) is 3. The SMILES string of the molecule is O=C(Nc1ccc(N2CCNCC2)cn1)[C@H]1CCN2CC1C(=O)N2OS(=O)(=O)O. The van der Waals surface area contributed by atoms with Gasteiger partial charge in [-0.1, -0.05) is 0 Å². The average molecular weight is 426 g/mol. The summed E-state index contributed by atoms with van der Waals surface area (Å²) >= 11 is 0. The fourth-order valence-corrected chi connectivity index (χ4v) is 4.25. The Labute approximate surface area is 167 Å². The Morgan fingerprint density at radius 1 is 1.28 bits per heavy atom. The number of amides is 2. The Hall–Kier alpha value is -2.32. The molecule has 3 saturated heterocycles. The summed E-state index contributed by atoms with van der Waals surface area (Å²) in [5, 5.41) is 7.88. The molecule has 13 heteroatoms. The van der Waals surface area contributed by atoms with Gasteiger partial charge in [0.05, 0.1) is 23.7 Å². The number of rotatable bonds is 5. The standard InChI is InChI=1S/C16H22N6O6S/c23-15(19-14-2-1-11(9-18-14)20-7-4-17-5-8-20)12-3-6-21-10-13(12)16(24)22(21)28-29(25,26)27/h1-2,9,12-13,17H,3-8,10H2,(H,18,19,23)(H,25,26,27)/t12-,13?/m0/s1. The molecule has 2 bridgehead atoms. The van der Waals surface area contributed by atoms with Gasteiger partial charge in [0.25, 0.3) is 5.91 Å². The molecule has 1 aromatic rings. The van der Waals surface area contributed by atoms with Gasteiger partial charge in [0.2, 0.25) is 5.91 Å². The van der Waals surface area contributed by atoms with E-state index in [0.29, 0.717) is 17.4 Å². The van der Waals surface area contributed by atoms with Crippen LogP contribution in [0.3, 0.4) is 0 Å². The highest BCUT2D eigenvalue weighted by Crippen LogP contribution is 2.34. The van der Waals surface area contributed by atoms with Gasteiger partial charge in [-0.05, 0) is 18.6 Å². The van der Waals surface area contributed by atoms with E-state index in [2.05, 4.69) is 24.8 Å². The predicted octanol–water partition coefficient (Wildman–Crippen LogP) is -1.14. The van der Waals surface area contributed by atoms with Crippen molar-refractivity contribution in [3.63, 3.8) is 0 Å². The van der Waals surface area contributed by atoms with E-state index >= 15 is 0 Å². The van der Waals surface area contributed by atoms with Gasteiger partial charge >= 0.3 is 10.4 Å². The van der Waals surface area contributed by atoms with Gasteiger partial charge in [0.1, 0.15) is 5.82 Å². The van der Waals surface area contributed by atoms with Crippen molar-refractivity contribution in [2.24, 2.45) is 11.8 Å². The van der Waals surface area contributed by atoms with Crippen LogP contribution in [0.1, 0.15) is 6.42 Å². The summed E-state index contributed by atoms with van der Waals surface area (Å²) in [6.45, 7) is 3.97. The largest absolute Gasteiger partial charge is 0.419 e. The zero-order valence-corrected chi connectivity index (χ0v) is 16.3. The van der Waals surface area contributed by atoms with Gasteiger partial charge in [-0.2, -0.15) is 13.4 Å². The fourth-order valence-electron chi connectivity index (χ4n) is 3.91. The van der Waals surface area contributed by atoms with Crippen LogP contribution in [0.15, 0.2) is 18.3 Å². The van der Waals surface area contributed by atoms with E-state index < -0.39 is 28.1 Å². The molecule has 4 rings (SSSR count). The summed E-state index contributed by atoms with van der Waals surface area (Å²) in [6.07, 6.45) is 2.04. The molecule has 158 valence electrons. The number of fused-ring (bicyclic) bond motifs is 2. The Morgan fingerprint density at radius 3 is 2.69 bits per heavy atom. The van der Waals surface area contributed by atoms with Crippen molar-refractivity contribution in [3.05, 3.63) is 18.3 Å². The lowest BCUT2D eigenvalue weighted by Crippen LogP contribution is -2.43. The van der Waals surface area contributed by atoms with E-state index in [1.807, 2.05) is 6.07 Å². The molecule has 0 aliphatic carbocycles. The first-order chi connectivity index (χ1) is 13.8. The van der Waals surface area contributed by atoms with Crippen molar-refractivity contribution in [2.75, 3.05) is 49.5 Å². The highest BCUT2D eigenvalue weighted by Gasteiger charge is 2.50. The normalized spacial score (nSPS) is 27.2. The van der Waals surface area contributed by atoms with E-state index in [4.69, 9.17) is 4.55 Å². The monoisotopic (exact) mass is 426 g/mol. The summed E-state index contributed by atoms with van der Waals surface area (Å²) < 4.78 is 35.0. The Balaban J connectivity index is 1.39. The molecule has 3 aliphatic rings. The van der Waals surface area contributed by atoms with Crippen LogP contribution in [0.4, 0.5) is 11.5 Å². The lowest BCUT2D eigenvalue weighted by Gasteiger charge is -2.29. The number of piperazine rings is 1. The summed E-state index contributed by atoms with van der Waals surface area (Å²) in [5.74, 6) is -2.07. The third-order valence-corrected chi connectivity index (χ3v) is 5.67. The first kappa shape index (κ1) is 20.0. The molecule has 0 spiro atoms. The summed E-state index contributed by atoms with van der Waals surface area (Å²) in [4.78, 5) is 31.6. The second kappa shape index (κ2) is 7.84. The van der Waals surface area contributed by atoms with Crippen LogP contribution in [-0.2, 0) is 24.3 Å². The summed E-state index contributed by atoms with van der Waals surface area (Å²) in [7, 11) is -4.83. The summed E-state index contributed by atoms with van der Waals surface area (Å²) in [5.41, 5.74) is 0.974. The number of aromatic nitrogens is 1. The topological polar surface area (TPSA) is 144 Å². The number of hydrogen-bond acceptors (Lipinski definition) is 9. The van der Waals surface area contributed by atoms with Crippen molar-refractivity contribution in [1.29, 1.82) is 0 Å². The zero-order valence-electron chi connectivity index (χ0n) is 15.5. The van der Waals surface area contributed by atoms with Crippen LogP contribution < -0.4 is 15.5 Å². The quantitative estimate of drug-likeness (QED) is 0.494. The maximum atomic E-state index is 12.7. The number of hydroxylamine groups is 1. The minimum Gasteiger partial charge on any atom is -0.368 e. The molecule has 2 amide bonds. The number of nitrogens with zero attached hydrogens (tertiary/aromatic N) is 4. The van der Waals surface area contributed by atoms with Crippen LogP contribution >= 0.6 is 0 Å². The Kier molecular flexibility index (Phi) is 5.40. The molecule has 4 heterocycles. The van der Waals surface area contributed by atoms with E-state index in [1.165, 1.54) is 5.01 Å². The smallest absolute Gasteiger partial charge is 0.368 e. The van der Waals surface area contributed by atoms with E-state index in [9.17, 15) is 18.0 Å². The number of pyridine rings is 1. The van der Waals surface area contributed by atoms with Crippen LogP contribution in [0, 0.1) is 11.8 Å². The van der Waals surface area contributed by atoms with Crippen molar-refractivity contribution in [3.8, 4) is 0 Å². The van der Waals surface area contributed by atoms with Crippen LogP contribution in [-0.4, -0.2) is 79.2 Å². The number of carbonyl (C=O) groups excluding carboxylic acids is 2. The first-order valence-corrected chi connectivity index (χ1v) is 10.7. The molecule has 3 fully saturated rings. The Bertz CT molecular complexity index is 888. The lowest BCUT2D eigenvalue weighted by atomic mass is 9.86. The number of carbonyl (C=O) groups is 2. The van der Waals surface area contributed by atoms with Crippen LogP contribution in [0.5, 0.6) is 0 Å². The fraction of sp³-hybridized carbons (Fsp3) is 0.562. The van der Waals surface area contributed by atoms with E-state index in [-0.39, 0.29) is 19.0 Å². The van der Waals surface area contributed by atoms with E-state index in [1.54, 1.807) is 12.3 Å². The lowest BCUT2D eigenvalue weighted by molar-refractivity contribution is -0.201. The van der Waals surface area contributed by atoms with Gasteiger partial charge in [-0.3, -0.25) is 14.1 Å². The second-order valence-electron chi connectivity index (χ2n) is 7.16. The maximum absolute atomic E-state index is 12.7. The maximum Gasteiger partial charge on any atom is 0.419 e. The highest BCUT2D eigenvalue weighted by molar-refractivity contribution is 7.80. The molecule has 2 unspecified atom stereocenters. The zero-order chi connectivity index (χ0) is 20.6. The summed E-state index contributed by atoms with van der Waals surface area (Å²) in [6, 6.07) is 3.60. The third kappa shape index (κ3) is 4.33. The molecule has 12 nitrogen and oxygen atoms in total. The van der Waals surface area contributed by atoms with Gasteiger partial charge in [0.15, 0.2) is 0 Å². The average Bonchev–Trinajstić information content (AvgIpc) is 2.93. The van der Waals surface area contributed by atoms with Gasteiger partial charge < -0.3 is 15.5 Å².